The molecule has 1 rings (SSSR count). The van der Waals surface area contributed by atoms with Gasteiger partial charge in [0.2, 0.25) is 0 Å². The van der Waals surface area contributed by atoms with E-state index in [0.717, 1.165) is 17.7 Å². The fourth-order valence-corrected chi connectivity index (χ4v) is 2.06. The van der Waals surface area contributed by atoms with Crippen LogP contribution < -0.4 is 4.74 Å². The minimum absolute atomic E-state index is 0.133. The summed E-state index contributed by atoms with van der Waals surface area (Å²) in [5, 5.41) is 10.3. The maximum Gasteiger partial charge on any atom is 0.125 e. The maximum absolute atomic E-state index is 9.69. The fraction of sp³-hybridized carbons (Fsp3) is 0.571. The zero-order valence-electron chi connectivity index (χ0n) is 10.9. The van der Waals surface area contributed by atoms with Gasteiger partial charge in [0.25, 0.3) is 0 Å². The van der Waals surface area contributed by atoms with Crippen LogP contribution >= 0.6 is 11.6 Å². The SMILES string of the molecule is CC(C)CC(C)Oc1ccc(Cl)cc1[C@H](C)O. The molecule has 1 unspecified atom stereocenters. The number of benzene rings is 1. The Kier molecular flexibility index (Phi) is 5.29. The molecule has 0 bridgehead atoms. The van der Waals surface area contributed by atoms with Crippen molar-refractivity contribution >= 4 is 11.6 Å². The van der Waals surface area contributed by atoms with E-state index in [-0.39, 0.29) is 6.10 Å². The molecule has 0 aromatic heterocycles. The minimum Gasteiger partial charge on any atom is -0.490 e. The molecule has 1 aromatic carbocycles. The predicted molar refractivity (Wildman–Crippen MR) is 71.6 cm³/mol. The molecule has 0 fully saturated rings. The van der Waals surface area contributed by atoms with Gasteiger partial charge in [-0.1, -0.05) is 25.4 Å². The average Bonchev–Trinajstić information content (AvgIpc) is 2.19. The van der Waals surface area contributed by atoms with Crippen molar-refractivity contribution < 1.29 is 9.84 Å². The van der Waals surface area contributed by atoms with Crippen molar-refractivity contribution in [1.29, 1.82) is 0 Å². The lowest BCUT2D eigenvalue weighted by Crippen LogP contribution is -2.15. The normalized spacial score (nSPS) is 14.8. The highest BCUT2D eigenvalue weighted by atomic mass is 35.5. The second-order valence-corrected chi connectivity index (χ2v) is 5.35. The monoisotopic (exact) mass is 256 g/mol. The molecule has 0 saturated heterocycles. The van der Waals surface area contributed by atoms with Gasteiger partial charge < -0.3 is 9.84 Å². The molecule has 0 aliphatic carbocycles. The Morgan fingerprint density at radius 1 is 1.24 bits per heavy atom. The summed E-state index contributed by atoms with van der Waals surface area (Å²) < 4.78 is 5.85. The third-order valence-electron chi connectivity index (χ3n) is 2.55. The van der Waals surface area contributed by atoms with Crippen molar-refractivity contribution in [2.75, 3.05) is 0 Å². The van der Waals surface area contributed by atoms with E-state index in [1.807, 2.05) is 13.0 Å². The first-order valence-electron chi connectivity index (χ1n) is 6.04. The predicted octanol–water partition coefficient (Wildman–Crippen LogP) is 4.21. The molecule has 0 aliphatic rings. The van der Waals surface area contributed by atoms with Crippen molar-refractivity contribution in [3.05, 3.63) is 28.8 Å². The highest BCUT2D eigenvalue weighted by Crippen LogP contribution is 2.29. The number of aliphatic hydroxyl groups is 1. The van der Waals surface area contributed by atoms with Gasteiger partial charge in [-0.2, -0.15) is 0 Å². The summed E-state index contributed by atoms with van der Waals surface area (Å²) in [7, 11) is 0. The number of rotatable bonds is 5. The number of aliphatic hydroxyl groups excluding tert-OH is 1. The van der Waals surface area contributed by atoms with Crippen molar-refractivity contribution in [2.45, 2.75) is 46.3 Å². The van der Waals surface area contributed by atoms with Crippen molar-refractivity contribution in [3.63, 3.8) is 0 Å². The molecule has 1 N–H and O–H groups in total. The summed E-state index contributed by atoms with van der Waals surface area (Å²) >= 11 is 5.92. The van der Waals surface area contributed by atoms with Gasteiger partial charge in [0.15, 0.2) is 0 Å². The van der Waals surface area contributed by atoms with E-state index in [9.17, 15) is 5.11 Å². The van der Waals surface area contributed by atoms with Crippen LogP contribution in [-0.2, 0) is 0 Å². The highest BCUT2D eigenvalue weighted by Gasteiger charge is 2.13. The largest absolute Gasteiger partial charge is 0.490 e. The van der Waals surface area contributed by atoms with E-state index in [0.29, 0.717) is 10.9 Å². The molecule has 96 valence electrons. The third-order valence-corrected chi connectivity index (χ3v) is 2.79. The summed E-state index contributed by atoms with van der Waals surface area (Å²) in [5.74, 6) is 1.31. The van der Waals surface area contributed by atoms with Gasteiger partial charge >= 0.3 is 0 Å². The van der Waals surface area contributed by atoms with Gasteiger partial charge in [-0.3, -0.25) is 0 Å². The van der Waals surface area contributed by atoms with Crippen LogP contribution in [0.15, 0.2) is 18.2 Å². The van der Waals surface area contributed by atoms with Gasteiger partial charge in [0, 0.05) is 10.6 Å². The van der Waals surface area contributed by atoms with E-state index in [1.165, 1.54) is 0 Å². The standard InChI is InChI=1S/C14H21ClO2/c1-9(2)7-10(3)17-14-6-5-12(15)8-13(14)11(4)16/h5-6,8-11,16H,7H2,1-4H3/t10?,11-/m0/s1. The average molecular weight is 257 g/mol. The Hall–Kier alpha value is -0.730. The second-order valence-electron chi connectivity index (χ2n) is 4.92. The quantitative estimate of drug-likeness (QED) is 0.855. The molecule has 17 heavy (non-hydrogen) atoms. The first kappa shape index (κ1) is 14.3. The first-order valence-corrected chi connectivity index (χ1v) is 6.42. The molecule has 2 nitrogen and oxygen atoms in total. The molecule has 0 radical (unpaired) electrons. The Bertz CT molecular complexity index is 361. The Morgan fingerprint density at radius 2 is 1.88 bits per heavy atom. The number of halogens is 1. The lowest BCUT2D eigenvalue weighted by atomic mass is 10.1. The van der Waals surface area contributed by atoms with Gasteiger partial charge in [0.1, 0.15) is 5.75 Å². The molecular formula is C14H21ClO2. The minimum atomic E-state index is -0.574. The maximum atomic E-state index is 9.69. The zero-order valence-corrected chi connectivity index (χ0v) is 11.7. The van der Waals surface area contributed by atoms with Crippen molar-refractivity contribution in [2.24, 2.45) is 5.92 Å². The molecular weight excluding hydrogens is 236 g/mol. The molecule has 0 heterocycles. The Balaban J connectivity index is 2.83. The summed E-state index contributed by atoms with van der Waals surface area (Å²) in [6.45, 7) is 8.08. The lowest BCUT2D eigenvalue weighted by molar-refractivity contribution is 0.167. The van der Waals surface area contributed by atoms with Gasteiger partial charge in [-0.05, 0) is 44.4 Å². The summed E-state index contributed by atoms with van der Waals surface area (Å²) in [6, 6.07) is 5.36. The van der Waals surface area contributed by atoms with Crippen LogP contribution in [-0.4, -0.2) is 11.2 Å². The Labute approximate surface area is 109 Å². The number of hydrogen-bond acceptors (Lipinski definition) is 2. The Morgan fingerprint density at radius 3 is 2.41 bits per heavy atom. The molecule has 0 aliphatic heterocycles. The van der Waals surface area contributed by atoms with Gasteiger partial charge in [-0.25, -0.2) is 0 Å². The molecule has 1 aromatic rings. The molecule has 2 atom stereocenters. The second kappa shape index (κ2) is 6.27. The van der Waals surface area contributed by atoms with E-state index in [4.69, 9.17) is 16.3 Å². The molecule has 0 amide bonds. The van der Waals surface area contributed by atoms with E-state index >= 15 is 0 Å². The summed E-state index contributed by atoms with van der Waals surface area (Å²) in [6.07, 6.45) is 0.547. The molecule has 0 saturated carbocycles. The first-order chi connectivity index (χ1) is 7.90. The number of ether oxygens (including phenoxy) is 1. The zero-order chi connectivity index (χ0) is 13.0. The molecule has 0 spiro atoms. The smallest absolute Gasteiger partial charge is 0.125 e. The lowest BCUT2D eigenvalue weighted by Gasteiger charge is -2.20. The van der Waals surface area contributed by atoms with Crippen LogP contribution in [0.2, 0.25) is 5.02 Å². The van der Waals surface area contributed by atoms with E-state index in [1.54, 1.807) is 19.1 Å². The summed E-state index contributed by atoms with van der Waals surface area (Å²) in [5.41, 5.74) is 0.744. The van der Waals surface area contributed by atoms with Crippen LogP contribution in [0.25, 0.3) is 0 Å². The van der Waals surface area contributed by atoms with Crippen LogP contribution in [0.5, 0.6) is 5.75 Å². The summed E-state index contributed by atoms with van der Waals surface area (Å²) in [4.78, 5) is 0. The van der Waals surface area contributed by atoms with Gasteiger partial charge in [0.05, 0.1) is 12.2 Å². The van der Waals surface area contributed by atoms with Crippen LogP contribution in [0.4, 0.5) is 0 Å². The van der Waals surface area contributed by atoms with Crippen molar-refractivity contribution in [3.8, 4) is 5.75 Å². The van der Waals surface area contributed by atoms with E-state index < -0.39 is 6.10 Å². The van der Waals surface area contributed by atoms with Crippen LogP contribution in [0.1, 0.15) is 45.8 Å². The topological polar surface area (TPSA) is 29.5 Å². The van der Waals surface area contributed by atoms with Crippen molar-refractivity contribution in [1.82, 2.24) is 0 Å². The van der Waals surface area contributed by atoms with E-state index in [2.05, 4.69) is 13.8 Å². The van der Waals surface area contributed by atoms with Crippen LogP contribution in [0.3, 0.4) is 0 Å². The van der Waals surface area contributed by atoms with Crippen LogP contribution in [0, 0.1) is 5.92 Å². The fourth-order valence-electron chi connectivity index (χ4n) is 1.88. The third kappa shape index (κ3) is 4.57. The highest BCUT2D eigenvalue weighted by molar-refractivity contribution is 6.30. The van der Waals surface area contributed by atoms with Gasteiger partial charge in [-0.15, -0.1) is 0 Å². The number of hydrogen-bond donors (Lipinski definition) is 1. The molecule has 3 heteroatoms.